The second-order valence-electron chi connectivity index (χ2n) is 6.42. The number of ether oxygens (including phenoxy) is 1. The van der Waals surface area contributed by atoms with Crippen molar-refractivity contribution in [1.82, 2.24) is 19.2 Å². The highest BCUT2D eigenvalue weighted by atomic mass is 32.1. The van der Waals surface area contributed by atoms with Crippen LogP contribution in [0.4, 0.5) is 14.2 Å². The monoisotopic (exact) mass is 433 g/mol. The van der Waals surface area contributed by atoms with E-state index in [9.17, 15) is 19.1 Å². The lowest BCUT2D eigenvalue weighted by molar-refractivity contribution is 0.0693. The summed E-state index contributed by atoms with van der Waals surface area (Å²) in [5.74, 6) is -1.93. The number of nitrogens with one attached hydrogen (secondary N) is 2. The Kier molecular flexibility index (Phi) is 6.96. The molecule has 9 nitrogen and oxygen atoms in total. The van der Waals surface area contributed by atoms with E-state index in [1.165, 1.54) is 6.07 Å². The topological polar surface area (TPSA) is 118 Å². The molecule has 0 saturated heterocycles. The van der Waals surface area contributed by atoms with Gasteiger partial charge < -0.3 is 19.7 Å². The summed E-state index contributed by atoms with van der Waals surface area (Å²) in [5, 5.41) is 14.7. The van der Waals surface area contributed by atoms with Crippen LogP contribution in [0.5, 0.6) is 5.88 Å². The minimum atomic E-state index is -1.31. The van der Waals surface area contributed by atoms with E-state index in [1.807, 2.05) is 10.8 Å². The molecule has 3 N–H and O–H groups in total. The van der Waals surface area contributed by atoms with Crippen molar-refractivity contribution in [3.8, 4) is 5.88 Å². The van der Waals surface area contributed by atoms with Crippen molar-refractivity contribution >= 4 is 28.5 Å². The molecule has 11 heteroatoms. The summed E-state index contributed by atoms with van der Waals surface area (Å²) in [5.41, 5.74) is 0.759. The fraction of sp³-hybridized carbons (Fsp3) is 0.263. The summed E-state index contributed by atoms with van der Waals surface area (Å²) >= 11 is 0.778. The van der Waals surface area contributed by atoms with Crippen LogP contribution in [0.3, 0.4) is 0 Å². The molecule has 1 aromatic carbocycles. The number of nitrogens with zero attached hydrogens (tertiary/aromatic N) is 3. The molecule has 0 fully saturated rings. The standard InChI is InChI=1S/C19H20FN5O4S/c1-12-3-4-13(14(20)9-12)10-29-16-15(18(26)27)17(30-24-16)23-19(28)22-5-2-7-25-8-6-21-11-25/h3-4,6,8-9,11H,2,5,7,10H2,1H3,(H,26,27)(H2,22,23,28). The van der Waals surface area contributed by atoms with E-state index in [1.54, 1.807) is 31.6 Å². The van der Waals surface area contributed by atoms with Crippen LogP contribution in [0.2, 0.25) is 0 Å². The average molecular weight is 433 g/mol. The smallest absolute Gasteiger partial charge is 0.344 e. The Labute approximate surface area is 175 Å². The maximum absolute atomic E-state index is 13.9. The molecule has 2 amide bonds. The second-order valence-corrected chi connectivity index (χ2v) is 7.19. The molecule has 0 spiro atoms. The zero-order chi connectivity index (χ0) is 21.5. The molecule has 0 radical (unpaired) electrons. The van der Waals surface area contributed by atoms with Crippen LogP contribution in [0.1, 0.15) is 27.9 Å². The Morgan fingerprint density at radius 3 is 2.90 bits per heavy atom. The number of imidazole rings is 1. The van der Waals surface area contributed by atoms with Gasteiger partial charge in [-0.1, -0.05) is 12.1 Å². The van der Waals surface area contributed by atoms with Gasteiger partial charge in [0, 0.05) is 31.0 Å². The summed E-state index contributed by atoms with van der Waals surface area (Å²) in [7, 11) is 0. The molecule has 0 aliphatic rings. The molecule has 0 bridgehead atoms. The number of aromatic nitrogens is 3. The van der Waals surface area contributed by atoms with Crippen molar-refractivity contribution in [1.29, 1.82) is 0 Å². The highest BCUT2D eigenvalue weighted by Gasteiger charge is 2.23. The number of aromatic carboxylic acids is 1. The van der Waals surface area contributed by atoms with Gasteiger partial charge in [-0.05, 0) is 36.5 Å². The SMILES string of the molecule is Cc1ccc(COc2nsc(NC(=O)NCCCn3ccnc3)c2C(=O)O)c(F)c1. The Bertz CT molecular complexity index is 1020. The summed E-state index contributed by atoms with van der Waals surface area (Å²) in [6.45, 7) is 2.66. The molecule has 3 aromatic rings. The van der Waals surface area contributed by atoms with Crippen LogP contribution < -0.4 is 15.4 Å². The van der Waals surface area contributed by atoms with Gasteiger partial charge in [-0.2, -0.15) is 4.37 Å². The highest BCUT2D eigenvalue weighted by Crippen LogP contribution is 2.31. The van der Waals surface area contributed by atoms with E-state index in [-0.39, 0.29) is 28.6 Å². The molecule has 0 saturated carbocycles. The number of urea groups is 1. The maximum Gasteiger partial charge on any atom is 0.344 e. The van der Waals surface area contributed by atoms with Crippen molar-refractivity contribution in [2.45, 2.75) is 26.5 Å². The van der Waals surface area contributed by atoms with Gasteiger partial charge >= 0.3 is 12.0 Å². The third-order valence-corrected chi connectivity index (χ3v) is 4.86. The molecule has 30 heavy (non-hydrogen) atoms. The molecule has 0 aliphatic heterocycles. The number of anilines is 1. The number of benzene rings is 1. The lowest BCUT2D eigenvalue weighted by atomic mass is 10.1. The number of carbonyl (C=O) groups excluding carboxylic acids is 1. The molecule has 158 valence electrons. The van der Waals surface area contributed by atoms with E-state index < -0.39 is 17.8 Å². The van der Waals surface area contributed by atoms with E-state index in [2.05, 4.69) is 20.0 Å². The van der Waals surface area contributed by atoms with Crippen LogP contribution in [-0.2, 0) is 13.2 Å². The third kappa shape index (κ3) is 5.54. The first kappa shape index (κ1) is 21.2. The summed E-state index contributed by atoms with van der Waals surface area (Å²) in [4.78, 5) is 27.6. The van der Waals surface area contributed by atoms with Gasteiger partial charge in [-0.3, -0.25) is 5.32 Å². The first-order chi connectivity index (χ1) is 14.4. The molecule has 2 heterocycles. The van der Waals surface area contributed by atoms with Gasteiger partial charge in [0.15, 0.2) is 5.56 Å². The predicted octanol–water partition coefficient (Wildman–Crippen LogP) is 3.28. The van der Waals surface area contributed by atoms with E-state index in [4.69, 9.17) is 4.74 Å². The summed E-state index contributed by atoms with van der Waals surface area (Å²) < 4.78 is 25.2. The van der Waals surface area contributed by atoms with Gasteiger partial charge in [0.2, 0.25) is 5.88 Å². The van der Waals surface area contributed by atoms with Crippen molar-refractivity contribution in [3.05, 3.63) is 59.4 Å². The lowest BCUT2D eigenvalue weighted by Crippen LogP contribution is -2.30. The fourth-order valence-electron chi connectivity index (χ4n) is 2.59. The van der Waals surface area contributed by atoms with Crippen LogP contribution in [0, 0.1) is 12.7 Å². The fourth-order valence-corrected chi connectivity index (χ4v) is 3.32. The van der Waals surface area contributed by atoms with Crippen LogP contribution in [-0.4, -0.2) is 37.6 Å². The molecule has 0 atom stereocenters. The highest BCUT2D eigenvalue weighted by molar-refractivity contribution is 7.11. The van der Waals surface area contributed by atoms with E-state index in [0.717, 1.165) is 17.1 Å². The normalized spacial score (nSPS) is 10.6. The Morgan fingerprint density at radius 2 is 2.20 bits per heavy atom. The molecular formula is C19H20FN5O4S. The number of hydrogen-bond donors (Lipinski definition) is 3. The molecule has 3 rings (SSSR count). The number of amides is 2. The molecular weight excluding hydrogens is 413 g/mol. The number of rotatable bonds is 9. The molecule has 2 aromatic heterocycles. The number of carboxylic acid groups (broad SMARTS) is 1. The van der Waals surface area contributed by atoms with E-state index >= 15 is 0 Å². The number of hydrogen-bond acceptors (Lipinski definition) is 6. The van der Waals surface area contributed by atoms with Gasteiger partial charge in [-0.25, -0.2) is 19.0 Å². The molecule has 0 unspecified atom stereocenters. The first-order valence-corrected chi connectivity index (χ1v) is 9.82. The first-order valence-electron chi connectivity index (χ1n) is 9.05. The maximum atomic E-state index is 13.9. The summed E-state index contributed by atoms with van der Waals surface area (Å²) in [6, 6.07) is 4.10. The predicted molar refractivity (Wildman–Crippen MR) is 108 cm³/mol. The van der Waals surface area contributed by atoms with E-state index in [0.29, 0.717) is 19.5 Å². The number of carboxylic acids is 1. The van der Waals surface area contributed by atoms with Crippen molar-refractivity contribution in [2.24, 2.45) is 0 Å². The zero-order valence-electron chi connectivity index (χ0n) is 16.1. The largest absolute Gasteiger partial charge is 0.477 e. The third-order valence-electron chi connectivity index (χ3n) is 4.11. The van der Waals surface area contributed by atoms with Crippen molar-refractivity contribution in [2.75, 3.05) is 11.9 Å². The number of halogens is 1. The lowest BCUT2D eigenvalue weighted by Gasteiger charge is -2.08. The number of carbonyl (C=O) groups is 2. The van der Waals surface area contributed by atoms with Gasteiger partial charge in [0.1, 0.15) is 17.4 Å². The van der Waals surface area contributed by atoms with Gasteiger partial charge in [-0.15, -0.1) is 0 Å². The van der Waals surface area contributed by atoms with Crippen LogP contribution in [0.25, 0.3) is 0 Å². The second kappa shape index (κ2) is 9.83. The van der Waals surface area contributed by atoms with Crippen molar-refractivity contribution < 1.29 is 23.8 Å². The van der Waals surface area contributed by atoms with Gasteiger partial charge in [0.05, 0.1) is 6.33 Å². The number of aryl methyl sites for hydroxylation is 2. The Balaban J connectivity index is 1.56. The van der Waals surface area contributed by atoms with Crippen LogP contribution in [0.15, 0.2) is 36.9 Å². The minimum absolute atomic E-state index is 0.0361. The van der Waals surface area contributed by atoms with Crippen molar-refractivity contribution in [3.63, 3.8) is 0 Å². The minimum Gasteiger partial charge on any atom is -0.477 e. The van der Waals surface area contributed by atoms with Crippen LogP contribution >= 0.6 is 11.5 Å². The molecule has 0 aliphatic carbocycles. The summed E-state index contributed by atoms with van der Waals surface area (Å²) in [6.07, 6.45) is 5.85. The Morgan fingerprint density at radius 1 is 1.37 bits per heavy atom. The Hall–Kier alpha value is -3.47. The average Bonchev–Trinajstić information content (AvgIpc) is 3.34. The van der Waals surface area contributed by atoms with Gasteiger partial charge in [0.25, 0.3) is 0 Å². The zero-order valence-corrected chi connectivity index (χ0v) is 16.9. The quantitative estimate of drug-likeness (QED) is 0.446.